The van der Waals surface area contributed by atoms with Crippen LogP contribution in [-0.4, -0.2) is 0 Å². The molecule has 0 heteroatoms. The Morgan fingerprint density at radius 3 is 0.500 bits per heavy atom. The van der Waals surface area contributed by atoms with E-state index in [1.54, 1.807) is 0 Å². The van der Waals surface area contributed by atoms with Crippen molar-refractivity contribution in [2.75, 3.05) is 0 Å². The van der Waals surface area contributed by atoms with Crippen LogP contribution in [0.1, 0.15) is 33.4 Å². The minimum atomic E-state index is 1.22. The molecule has 0 nitrogen and oxygen atoms in total. The summed E-state index contributed by atoms with van der Waals surface area (Å²) < 4.78 is 0. The SMILES string of the molecule is Cc1cc(C)c(-c2ccc(-c3ccc(-c4ccc(-c5ccc(-c6ccc(-c7ccc(-c8c(C)cc(C)c(-c9ccccc9)c8C)c8ccccc78)c7ccccc67)c6ccccc56)c5ccccc45)c4ccccc34)c3ccccc23)c(C)c1-c1ccccc1. The van der Waals surface area contributed by atoms with Gasteiger partial charge in [0.2, 0.25) is 0 Å². The van der Waals surface area contributed by atoms with E-state index in [2.05, 4.69) is 333 Å². The maximum Gasteiger partial charge on any atom is -0.00987 e. The van der Waals surface area contributed by atoms with Crippen LogP contribution in [0.15, 0.2) is 291 Å². The second kappa shape index (κ2) is 22.0. The number of aryl methyl sites for hydroxylation is 4. The predicted octanol–water partition coefficient (Wildman–Crippen LogP) is 25.5. The van der Waals surface area contributed by atoms with E-state index in [1.165, 1.54) is 198 Å². The van der Waals surface area contributed by atoms with Crippen LogP contribution in [0.25, 0.3) is 165 Å². The molecule has 90 heavy (non-hydrogen) atoms. The summed E-state index contributed by atoms with van der Waals surface area (Å²) in [6.07, 6.45) is 0. The van der Waals surface area contributed by atoms with Crippen LogP contribution in [-0.2, 0) is 0 Å². The molecule has 0 unspecified atom stereocenters. The van der Waals surface area contributed by atoms with Crippen LogP contribution in [0.5, 0.6) is 0 Å². The van der Waals surface area contributed by atoms with Crippen molar-refractivity contribution in [2.45, 2.75) is 41.5 Å². The highest BCUT2D eigenvalue weighted by molar-refractivity contribution is 6.19. The van der Waals surface area contributed by atoms with Gasteiger partial charge in [0.05, 0.1) is 0 Å². The predicted molar refractivity (Wildman–Crippen MR) is 389 cm³/mol. The molecule has 0 aliphatic carbocycles. The Hall–Kier alpha value is -10.9. The lowest BCUT2D eigenvalue weighted by Gasteiger charge is -2.21. The fourth-order valence-electron chi connectivity index (χ4n) is 15.9. The molecule has 0 spiro atoms. The largest absolute Gasteiger partial charge is 0.0622 e. The summed E-state index contributed by atoms with van der Waals surface area (Å²) in [5, 5.41) is 14.9. The Labute approximate surface area is 527 Å². The van der Waals surface area contributed by atoms with Crippen LogP contribution < -0.4 is 0 Å². The summed E-state index contributed by atoms with van der Waals surface area (Å²) in [5.41, 5.74) is 30.5. The van der Waals surface area contributed by atoms with Crippen molar-refractivity contribution in [1.29, 1.82) is 0 Å². The second-order valence-electron chi connectivity index (χ2n) is 24.7. The molecule has 0 aliphatic rings. The van der Waals surface area contributed by atoms with Crippen molar-refractivity contribution in [3.63, 3.8) is 0 Å². The van der Waals surface area contributed by atoms with E-state index in [4.69, 9.17) is 0 Å². The van der Waals surface area contributed by atoms with Crippen molar-refractivity contribution >= 4 is 64.6 Å². The molecule has 0 bridgehead atoms. The zero-order valence-electron chi connectivity index (χ0n) is 51.7. The lowest BCUT2D eigenvalue weighted by molar-refractivity contribution is 1.32. The van der Waals surface area contributed by atoms with E-state index in [-0.39, 0.29) is 0 Å². The van der Waals surface area contributed by atoms with Gasteiger partial charge in [-0.2, -0.15) is 0 Å². The molecular formula is C90H66. The highest BCUT2D eigenvalue weighted by Gasteiger charge is 2.23. The van der Waals surface area contributed by atoms with Crippen molar-refractivity contribution in [3.05, 3.63) is 325 Å². The van der Waals surface area contributed by atoms with Crippen LogP contribution in [0.3, 0.4) is 0 Å². The van der Waals surface area contributed by atoms with Crippen molar-refractivity contribution in [3.8, 4) is 100 Å². The van der Waals surface area contributed by atoms with Gasteiger partial charge >= 0.3 is 0 Å². The van der Waals surface area contributed by atoms with Crippen molar-refractivity contribution < 1.29 is 0 Å². The molecular weight excluding hydrogens is 1080 g/mol. The fourth-order valence-corrected chi connectivity index (χ4v) is 15.9. The average molecular weight is 1150 g/mol. The van der Waals surface area contributed by atoms with Gasteiger partial charge in [-0.25, -0.2) is 0 Å². The minimum absolute atomic E-state index is 1.22. The van der Waals surface area contributed by atoms with Gasteiger partial charge in [-0.3, -0.25) is 0 Å². The molecule has 0 aromatic heterocycles. The Balaban J connectivity index is 0.780. The molecule has 0 N–H and O–H groups in total. The highest BCUT2D eigenvalue weighted by Crippen LogP contribution is 2.49. The molecule has 0 saturated heterocycles. The zero-order valence-corrected chi connectivity index (χ0v) is 51.7. The first-order chi connectivity index (χ1) is 44.2. The standard InChI is InChI=1S/C90H66/c1-55-53-57(3)89(59(5)87(55)61-25-9-7-10-26-61)85-51-49-83(71-37-21-23-39-73(71)85)81-47-45-79(67-33-17-19-35-69(67)81)77-43-41-75(63-29-13-15-31-65(63)77)76-42-44-78(66-32-16-14-30-64(66)76)80-46-48-82(70-36-20-18-34-68(70)80)84-50-52-86(74-40-24-22-38-72(74)84)90-58(4)54-56(2)88(60(90)6)62-27-11-8-12-28-62/h7-54H,1-6H3. The Bertz CT molecular complexity index is 5240. The lowest BCUT2D eigenvalue weighted by atomic mass is 9.83. The third-order valence-electron chi connectivity index (χ3n) is 19.6. The third kappa shape index (κ3) is 8.81. The van der Waals surface area contributed by atoms with Crippen LogP contribution in [0, 0.1) is 41.5 Å². The first-order valence-corrected chi connectivity index (χ1v) is 31.7. The van der Waals surface area contributed by atoms with Crippen molar-refractivity contribution in [2.24, 2.45) is 0 Å². The lowest BCUT2D eigenvalue weighted by Crippen LogP contribution is -1.97. The highest BCUT2D eigenvalue weighted by atomic mass is 14.3. The molecule has 0 saturated carbocycles. The van der Waals surface area contributed by atoms with E-state index in [1.807, 2.05) is 0 Å². The normalized spacial score (nSPS) is 11.7. The third-order valence-corrected chi connectivity index (χ3v) is 19.6. The van der Waals surface area contributed by atoms with Crippen molar-refractivity contribution in [1.82, 2.24) is 0 Å². The molecule has 0 amide bonds. The number of hydrogen-bond acceptors (Lipinski definition) is 0. The summed E-state index contributed by atoms with van der Waals surface area (Å²) in [6.45, 7) is 13.6. The summed E-state index contributed by atoms with van der Waals surface area (Å²) in [6, 6.07) is 109. The molecule has 0 atom stereocenters. The van der Waals surface area contributed by atoms with Gasteiger partial charge in [-0.05, 0) is 240 Å². The quantitative estimate of drug-likeness (QED) is 0.135. The zero-order chi connectivity index (χ0) is 60.7. The van der Waals surface area contributed by atoms with Gasteiger partial charge in [0.15, 0.2) is 0 Å². The molecule has 16 aromatic rings. The number of rotatable bonds is 9. The Kier molecular flexibility index (Phi) is 13.3. The van der Waals surface area contributed by atoms with E-state index >= 15 is 0 Å². The van der Waals surface area contributed by atoms with E-state index in [0.717, 1.165) is 0 Å². The summed E-state index contributed by atoms with van der Waals surface area (Å²) in [5.74, 6) is 0. The number of hydrogen-bond donors (Lipinski definition) is 0. The van der Waals surface area contributed by atoms with E-state index in [0.29, 0.717) is 0 Å². The molecule has 426 valence electrons. The fraction of sp³-hybridized carbons (Fsp3) is 0.0667. The molecule has 0 fully saturated rings. The molecule has 16 rings (SSSR count). The van der Waals surface area contributed by atoms with E-state index in [9.17, 15) is 0 Å². The minimum Gasteiger partial charge on any atom is -0.0622 e. The first-order valence-electron chi connectivity index (χ1n) is 31.7. The van der Waals surface area contributed by atoms with Gasteiger partial charge < -0.3 is 0 Å². The van der Waals surface area contributed by atoms with Gasteiger partial charge in [0.1, 0.15) is 0 Å². The maximum absolute atomic E-state index is 2.37. The number of fused-ring (bicyclic) bond motifs is 6. The van der Waals surface area contributed by atoms with Gasteiger partial charge in [-0.15, -0.1) is 0 Å². The molecule has 0 radical (unpaired) electrons. The molecule has 0 heterocycles. The Morgan fingerprint density at radius 1 is 0.144 bits per heavy atom. The summed E-state index contributed by atoms with van der Waals surface area (Å²) in [4.78, 5) is 0. The van der Waals surface area contributed by atoms with Gasteiger partial charge in [-0.1, -0.05) is 291 Å². The second-order valence-corrected chi connectivity index (χ2v) is 24.7. The monoisotopic (exact) mass is 1150 g/mol. The first kappa shape index (κ1) is 54.5. The maximum atomic E-state index is 2.37. The topological polar surface area (TPSA) is 0 Å². The van der Waals surface area contributed by atoms with Crippen LogP contribution in [0.2, 0.25) is 0 Å². The van der Waals surface area contributed by atoms with E-state index < -0.39 is 0 Å². The van der Waals surface area contributed by atoms with Gasteiger partial charge in [0, 0.05) is 0 Å². The molecule has 0 aliphatic heterocycles. The molecule has 16 aromatic carbocycles. The summed E-state index contributed by atoms with van der Waals surface area (Å²) >= 11 is 0. The summed E-state index contributed by atoms with van der Waals surface area (Å²) in [7, 11) is 0. The average Bonchev–Trinajstić information content (AvgIpc) is 0.788. The van der Waals surface area contributed by atoms with Crippen LogP contribution in [0.4, 0.5) is 0 Å². The van der Waals surface area contributed by atoms with Gasteiger partial charge in [0.25, 0.3) is 0 Å². The number of benzene rings is 16. The smallest absolute Gasteiger partial charge is 0.00987 e. The van der Waals surface area contributed by atoms with Crippen LogP contribution >= 0.6 is 0 Å². The Morgan fingerprint density at radius 2 is 0.300 bits per heavy atom.